The normalized spacial score (nSPS) is 14.9. The summed E-state index contributed by atoms with van der Waals surface area (Å²) in [5, 5.41) is 10.2. The Kier molecular flexibility index (Phi) is 2.81. The molecule has 0 aliphatic rings. The van der Waals surface area contributed by atoms with Gasteiger partial charge in [0.2, 0.25) is 0 Å². The van der Waals surface area contributed by atoms with E-state index in [0.29, 0.717) is 0 Å². The fourth-order valence-electron chi connectivity index (χ4n) is 1.50. The van der Waals surface area contributed by atoms with E-state index in [1.54, 1.807) is 6.92 Å². The first-order valence-electron chi connectivity index (χ1n) is 4.81. The lowest BCUT2D eigenvalue weighted by molar-refractivity contribution is 0.0979. The first-order valence-corrected chi connectivity index (χ1v) is 4.81. The SMILES string of the molecule is C=C(C)C(C)(O)c1cc(C)cc(C)c1. The van der Waals surface area contributed by atoms with E-state index in [4.69, 9.17) is 0 Å². The summed E-state index contributed by atoms with van der Waals surface area (Å²) in [5.74, 6) is 0. The second kappa shape index (κ2) is 3.58. The molecule has 76 valence electrons. The Morgan fingerprint density at radius 1 is 1.21 bits per heavy atom. The molecule has 1 N–H and O–H groups in total. The van der Waals surface area contributed by atoms with Gasteiger partial charge in [-0.25, -0.2) is 0 Å². The predicted molar refractivity (Wildman–Crippen MR) is 60.3 cm³/mol. The molecule has 0 saturated heterocycles. The predicted octanol–water partition coefficient (Wildman–Crippen LogP) is 3.09. The van der Waals surface area contributed by atoms with Gasteiger partial charge in [0.25, 0.3) is 0 Å². The minimum Gasteiger partial charge on any atom is -0.381 e. The number of aryl methyl sites for hydroxylation is 2. The Morgan fingerprint density at radius 3 is 2.00 bits per heavy atom. The number of hydrogen-bond donors (Lipinski definition) is 1. The van der Waals surface area contributed by atoms with Crippen molar-refractivity contribution in [3.8, 4) is 0 Å². The molecule has 0 aromatic heterocycles. The van der Waals surface area contributed by atoms with Gasteiger partial charge in [0, 0.05) is 0 Å². The zero-order chi connectivity index (χ0) is 10.9. The highest BCUT2D eigenvalue weighted by molar-refractivity contribution is 5.36. The number of rotatable bonds is 2. The lowest BCUT2D eigenvalue weighted by Gasteiger charge is -2.25. The second-order valence-corrected chi connectivity index (χ2v) is 4.23. The minimum atomic E-state index is -0.920. The van der Waals surface area contributed by atoms with Crippen molar-refractivity contribution < 1.29 is 5.11 Å². The molecule has 0 aliphatic heterocycles. The highest BCUT2D eigenvalue weighted by Crippen LogP contribution is 2.28. The summed E-state index contributed by atoms with van der Waals surface area (Å²) in [6.07, 6.45) is 0. The standard InChI is InChI=1S/C13H18O/c1-9(2)13(5,14)12-7-10(3)6-11(4)8-12/h6-8,14H,1H2,2-5H3. The zero-order valence-corrected chi connectivity index (χ0v) is 9.39. The summed E-state index contributed by atoms with van der Waals surface area (Å²) in [7, 11) is 0. The number of aliphatic hydroxyl groups is 1. The second-order valence-electron chi connectivity index (χ2n) is 4.23. The van der Waals surface area contributed by atoms with Crippen molar-refractivity contribution in [1.29, 1.82) is 0 Å². The fraction of sp³-hybridized carbons (Fsp3) is 0.385. The van der Waals surface area contributed by atoms with Crippen molar-refractivity contribution in [2.45, 2.75) is 33.3 Å². The molecular weight excluding hydrogens is 172 g/mol. The maximum atomic E-state index is 10.2. The van der Waals surface area contributed by atoms with E-state index in [1.807, 2.05) is 32.9 Å². The van der Waals surface area contributed by atoms with Gasteiger partial charge in [-0.05, 0) is 38.8 Å². The molecular formula is C13H18O. The Hall–Kier alpha value is -1.08. The molecule has 1 atom stereocenters. The van der Waals surface area contributed by atoms with Gasteiger partial charge in [0.15, 0.2) is 0 Å². The van der Waals surface area contributed by atoms with Crippen LogP contribution in [0.3, 0.4) is 0 Å². The molecule has 1 rings (SSSR count). The first-order chi connectivity index (χ1) is 6.34. The van der Waals surface area contributed by atoms with E-state index in [9.17, 15) is 5.11 Å². The van der Waals surface area contributed by atoms with Crippen molar-refractivity contribution in [3.63, 3.8) is 0 Å². The molecule has 0 aliphatic carbocycles. The quantitative estimate of drug-likeness (QED) is 0.710. The van der Waals surface area contributed by atoms with Gasteiger partial charge in [-0.15, -0.1) is 0 Å². The molecule has 1 heteroatoms. The fourth-order valence-corrected chi connectivity index (χ4v) is 1.50. The molecule has 1 aromatic carbocycles. The summed E-state index contributed by atoms with van der Waals surface area (Å²) >= 11 is 0. The molecule has 1 nitrogen and oxygen atoms in total. The first kappa shape index (κ1) is 11.0. The van der Waals surface area contributed by atoms with E-state index in [1.165, 1.54) is 11.1 Å². The van der Waals surface area contributed by atoms with Crippen molar-refractivity contribution >= 4 is 0 Å². The average Bonchev–Trinajstić information content (AvgIpc) is 2.01. The molecule has 0 amide bonds. The van der Waals surface area contributed by atoms with Gasteiger partial charge in [-0.2, -0.15) is 0 Å². The van der Waals surface area contributed by atoms with Crippen LogP contribution in [0.25, 0.3) is 0 Å². The third kappa shape index (κ3) is 2.05. The van der Waals surface area contributed by atoms with Gasteiger partial charge < -0.3 is 5.11 Å². The Bertz CT molecular complexity index is 341. The molecule has 0 spiro atoms. The van der Waals surface area contributed by atoms with Crippen LogP contribution >= 0.6 is 0 Å². The summed E-state index contributed by atoms with van der Waals surface area (Å²) in [4.78, 5) is 0. The maximum absolute atomic E-state index is 10.2. The van der Waals surface area contributed by atoms with E-state index >= 15 is 0 Å². The van der Waals surface area contributed by atoms with Crippen LogP contribution in [0.4, 0.5) is 0 Å². The van der Waals surface area contributed by atoms with Crippen LogP contribution in [0.2, 0.25) is 0 Å². The van der Waals surface area contributed by atoms with Crippen LogP contribution < -0.4 is 0 Å². The number of benzene rings is 1. The summed E-state index contributed by atoms with van der Waals surface area (Å²) < 4.78 is 0. The van der Waals surface area contributed by atoms with E-state index in [0.717, 1.165) is 11.1 Å². The van der Waals surface area contributed by atoms with Gasteiger partial charge in [0.05, 0.1) is 0 Å². The van der Waals surface area contributed by atoms with Crippen LogP contribution in [0, 0.1) is 13.8 Å². The lowest BCUT2D eigenvalue weighted by atomic mass is 9.88. The van der Waals surface area contributed by atoms with Crippen molar-refractivity contribution in [2.75, 3.05) is 0 Å². The molecule has 0 saturated carbocycles. The van der Waals surface area contributed by atoms with Gasteiger partial charge in [0.1, 0.15) is 5.60 Å². The molecule has 0 bridgehead atoms. The summed E-state index contributed by atoms with van der Waals surface area (Å²) in [5.41, 5.74) is 3.10. The van der Waals surface area contributed by atoms with Crippen molar-refractivity contribution in [1.82, 2.24) is 0 Å². The van der Waals surface area contributed by atoms with Crippen molar-refractivity contribution in [2.24, 2.45) is 0 Å². The molecule has 1 aromatic rings. The average molecular weight is 190 g/mol. The molecule has 14 heavy (non-hydrogen) atoms. The van der Waals surface area contributed by atoms with E-state index in [-0.39, 0.29) is 0 Å². The third-order valence-corrected chi connectivity index (χ3v) is 2.61. The smallest absolute Gasteiger partial charge is 0.107 e. The van der Waals surface area contributed by atoms with Crippen molar-refractivity contribution in [3.05, 3.63) is 47.0 Å². The molecule has 1 unspecified atom stereocenters. The van der Waals surface area contributed by atoms with Gasteiger partial charge in [-0.1, -0.05) is 35.9 Å². The number of hydrogen-bond acceptors (Lipinski definition) is 1. The lowest BCUT2D eigenvalue weighted by Crippen LogP contribution is -2.22. The zero-order valence-electron chi connectivity index (χ0n) is 9.39. The van der Waals surface area contributed by atoms with Crippen LogP contribution in [0.15, 0.2) is 30.4 Å². The van der Waals surface area contributed by atoms with Crippen LogP contribution in [-0.4, -0.2) is 5.11 Å². The Morgan fingerprint density at radius 2 is 1.64 bits per heavy atom. The van der Waals surface area contributed by atoms with Crippen LogP contribution in [0.1, 0.15) is 30.5 Å². The molecule has 0 radical (unpaired) electrons. The van der Waals surface area contributed by atoms with Crippen LogP contribution in [-0.2, 0) is 5.60 Å². The third-order valence-electron chi connectivity index (χ3n) is 2.61. The highest BCUT2D eigenvalue weighted by atomic mass is 16.3. The van der Waals surface area contributed by atoms with Gasteiger partial charge >= 0.3 is 0 Å². The van der Waals surface area contributed by atoms with E-state index in [2.05, 4.69) is 12.6 Å². The monoisotopic (exact) mass is 190 g/mol. The molecule has 0 heterocycles. The maximum Gasteiger partial charge on any atom is 0.107 e. The highest BCUT2D eigenvalue weighted by Gasteiger charge is 2.23. The Labute approximate surface area is 86.1 Å². The van der Waals surface area contributed by atoms with Crippen LogP contribution in [0.5, 0.6) is 0 Å². The summed E-state index contributed by atoms with van der Waals surface area (Å²) in [6.45, 7) is 11.5. The summed E-state index contributed by atoms with van der Waals surface area (Å²) in [6, 6.07) is 6.10. The minimum absolute atomic E-state index is 0.766. The van der Waals surface area contributed by atoms with E-state index < -0.39 is 5.60 Å². The largest absolute Gasteiger partial charge is 0.381 e. The topological polar surface area (TPSA) is 20.2 Å². The van der Waals surface area contributed by atoms with Gasteiger partial charge in [-0.3, -0.25) is 0 Å². The Balaban J connectivity index is 3.25. The molecule has 0 fully saturated rings.